The van der Waals surface area contributed by atoms with Crippen molar-refractivity contribution < 1.29 is 0 Å². The van der Waals surface area contributed by atoms with E-state index in [1.54, 1.807) is 0 Å². The van der Waals surface area contributed by atoms with Gasteiger partial charge in [-0.05, 0) is 35.9 Å². The number of hydrogen-bond donors (Lipinski definition) is 0. The number of unbranched alkanes of at least 4 members (excludes halogenated alkanes) is 1. The van der Waals surface area contributed by atoms with Gasteiger partial charge in [0.2, 0.25) is 0 Å². The van der Waals surface area contributed by atoms with E-state index in [4.69, 9.17) is 0 Å². The van der Waals surface area contributed by atoms with Gasteiger partial charge < -0.3 is 0 Å². The summed E-state index contributed by atoms with van der Waals surface area (Å²) in [5.41, 5.74) is 3.70. The van der Waals surface area contributed by atoms with E-state index < -0.39 is 0 Å². The molecule has 0 amide bonds. The van der Waals surface area contributed by atoms with E-state index in [0.717, 1.165) is 12.1 Å². The van der Waals surface area contributed by atoms with Crippen LogP contribution in [-0.2, 0) is 6.42 Å². The van der Waals surface area contributed by atoms with Crippen molar-refractivity contribution in [1.82, 2.24) is 9.38 Å². The predicted molar refractivity (Wildman–Crippen MR) is 88.8 cm³/mol. The zero-order valence-electron chi connectivity index (χ0n) is 12.2. The average Bonchev–Trinajstić information content (AvgIpc) is 3.03. The molecular weight excluding hydrogens is 256 g/mol. The summed E-state index contributed by atoms with van der Waals surface area (Å²) >= 11 is 0. The summed E-state index contributed by atoms with van der Waals surface area (Å²) < 4.78 is 2.20. The van der Waals surface area contributed by atoms with E-state index >= 15 is 0 Å². The van der Waals surface area contributed by atoms with Gasteiger partial charge in [-0.25, -0.2) is 4.98 Å². The van der Waals surface area contributed by atoms with Crippen LogP contribution in [0.4, 0.5) is 0 Å². The van der Waals surface area contributed by atoms with Crippen LogP contribution in [0.2, 0.25) is 0 Å². The molecule has 0 aliphatic carbocycles. The molecule has 2 aromatic carbocycles. The number of aryl methyl sites for hydroxylation is 1. The summed E-state index contributed by atoms with van der Waals surface area (Å²) in [6.07, 6.45) is 7.57. The minimum atomic E-state index is 1.04. The molecule has 0 N–H and O–H groups in total. The second kappa shape index (κ2) is 4.88. The lowest BCUT2D eigenvalue weighted by Crippen LogP contribution is -1.92. The molecule has 2 heterocycles. The Balaban J connectivity index is 2.10. The van der Waals surface area contributed by atoms with Gasteiger partial charge in [0.05, 0.1) is 5.52 Å². The first-order valence-corrected chi connectivity index (χ1v) is 7.65. The Morgan fingerprint density at radius 3 is 2.71 bits per heavy atom. The highest BCUT2D eigenvalue weighted by Gasteiger charge is 2.09. The molecule has 104 valence electrons. The van der Waals surface area contributed by atoms with Crippen LogP contribution in [0.3, 0.4) is 0 Å². The third-order valence-corrected chi connectivity index (χ3v) is 4.24. The normalized spacial score (nSPS) is 11.7. The second-order valence-electron chi connectivity index (χ2n) is 5.62. The van der Waals surface area contributed by atoms with Crippen molar-refractivity contribution in [2.24, 2.45) is 0 Å². The topological polar surface area (TPSA) is 17.3 Å². The Kier molecular flexibility index (Phi) is 2.88. The largest absolute Gasteiger partial charge is 0.299 e. The van der Waals surface area contributed by atoms with Crippen LogP contribution in [0.25, 0.3) is 27.3 Å². The number of fused-ring (bicyclic) bond motifs is 6. The van der Waals surface area contributed by atoms with E-state index in [9.17, 15) is 0 Å². The molecule has 0 bridgehead atoms. The molecule has 2 nitrogen and oxygen atoms in total. The standard InChI is InChI=1S/C19H18N2/c1-2-3-6-14-9-10-18-17(13-14)15-7-4-5-8-16(15)19-20-11-12-21(18)19/h4-5,7-13H,2-3,6H2,1H3. The average molecular weight is 274 g/mol. The van der Waals surface area contributed by atoms with Crippen LogP contribution in [0.5, 0.6) is 0 Å². The van der Waals surface area contributed by atoms with Gasteiger partial charge in [-0.15, -0.1) is 0 Å². The summed E-state index contributed by atoms with van der Waals surface area (Å²) in [6.45, 7) is 2.24. The highest BCUT2D eigenvalue weighted by atomic mass is 15.0. The SMILES string of the molecule is CCCCc1ccc2c(c1)c1ccccc1c1nccn21. The lowest BCUT2D eigenvalue weighted by atomic mass is 10.0. The van der Waals surface area contributed by atoms with Gasteiger partial charge in [-0.3, -0.25) is 4.40 Å². The van der Waals surface area contributed by atoms with E-state index in [1.807, 2.05) is 6.20 Å². The van der Waals surface area contributed by atoms with Gasteiger partial charge in [0.1, 0.15) is 5.65 Å². The first kappa shape index (κ1) is 12.4. The highest BCUT2D eigenvalue weighted by molar-refractivity contribution is 6.11. The maximum absolute atomic E-state index is 4.53. The molecule has 4 rings (SSSR count). The third-order valence-electron chi connectivity index (χ3n) is 4.24. The van der Waals surface area contributed by atoms with Crippen LogP contribution in [-0.4, -0.2) is 9.38 Å². The quantitative estimate of drug-likeness (QED) is 0.481. The minimum Gasteiger partial charge on any atom is -0.299 e. The summed E-state index contributed by atoms with van der Waals surface area (Å²) in [4.78, 5) is 4.53. The fourth-order valence-corrected chi connectivity index (χ4v) is 3.16. The number of hydrogen-bond acceptors (Lipinski definition) is 1. The summed E-state index contributed by atoms with van der Waals surface area (Å²) in [5.74, 6) is 0. The van der Waals surface area contributed by atoms with Crippen molar-refractivity contribution in [2.45, 2.75) is 26.2 Å². The maximum atomic E-state index is 4.53. The van der Waals surface area contributed by atoms with E-state index in [0.29, 0.717) is 0 Å². The molecule has 21 heavy (non-hydrogen) atoms. The van der Waals surface area contributed by atoms with Crippen LogP contribution in [0.15, 0.2) is 54.9 Å². The lowest BCUT2D eigenvalue weighted by molar-refractivity contribution is 0.796. The zero-order valence-corrected chi connectivity index (χ0v) is 12.2. The first-order chi connectivity index (χ1) is 10.4. The van der Waals surface area contributed by atoms with Gasteiger partial charge in [0.25, 0.3) is 0 Å². The smallest absolute Gasteiger partial charge is 0.145 e. The molecule has 4 aromatic rings. The van der Waals surface area contributed by atoms with Gasteiger partial charge >= 0.3 is 0 Å². The summed E-state index contributed by atoms with van der Waals surface area (Å²) in [6, 6.07) is 15.4. The van der Waals surface area contributed by atoms with Gasteiger partial charge in [0, 0.05) is 23.2 Å². The van der Waals surface area contributed by atoms with Crippen molar-refractivity contribution >= 4 is 27.3 Å². The fraction of sp³-hybridized carbons (Fsp3) is 0.211. The Bertz CT molecular complexity index is 934. The van der Waals surface area contributed by atoms with Crippen molar-refractivity contribution in [3.05, 3.63) is 60.4 Å². The molecule has 0 saturated heterocycles. The van der Waals surface area contributed by atoms with Crippen LogP contribution in [0.1, 0.15) is 25.3 Å². The summed E-state index contributed by atoms with van der Waals surface area (Å²) in [5, 5.41) is 3.84. The molecule has 0 saturated carbocycles. The molecule has 0 spiro atoms. The lowest BCUT2D eigenvalue weighted by Gasteiger charge is -2.10. The molecule has 0 radical (unpaired) electrons. The Hall–Kier alpha value is -2.35. The molecule has 0 aliphatic heterocycles. The van der Waals surface area contributed by atoms with Gasteiger partial charge in [-0.1, -0.05) is 43.7 Å². The molecule has 2 heteroatoms. The van der Waals surface area contributed by atoms with Gasteiger partial charge in [0.15, 0.2) is 0 Å². The number of nitrogens with zero attached hydrogens (tertiary/aromatic N) is 2. The van der Waals surface area contributed by atoms with Crippen molar-refractivity contribution in [1.29, 1.82) is 0 Å². The van der Waals surface area contributed by atoms with Crippen LogP contribution < -0.4 is 0 Å². The van der Waals surface area contributed by atoms with E-state index in [2.05, 4.69) is 65.0 Å². The number of aromatic nitrogens is 2. The molecule has 0 atom stereocenters. The number of benzene rings is 2. The van der Waals surface area contributed by atoms with E-state index in [-0.39, 0.29) is 0 Å². The fourth-order valence-electron chi connectivity index (χ4n) is 3.16. The number of pyridine rings is 1. The van der Waals surface area contributed by atoms with Crippen LogP contribution >= 0.6 is 0 Å². The highest BCUT2D eigenvalue weighted by Crippen LogP contribution is 2.29. The maximum Gasteiger partial charge on any atom is 0.145 e. The predicted octanol–water partition coefficient (Wildman–Crippen LogP) is 4.98. The van der Waals surface area contributed by atoms with Crippen molar-refractivity contribution in [3.63, 3.8) is 0 Å². The first-order valence-electron chi connectivity index (χ1n) is 7.65. The molecule has 0 unspecified atom stereocenters. The second-order valence-corrected chi connectivity index (χ2v) is 5.62. The van der Waals surface area contributed by atoms with Crippen molar-refractivity contribution in [3.8, 4) is 0 Å². The van der Waals surface area contributed by atoms with Crippen LogP contribution in [0, 0.1) is 0 Å². The van der Waals surface area contributed by atoms with Gasteiger partial charge in [-0.2, -0.15) is 0 Å². The number of rotatable bonds is 3. The monoisotopic (exact) mass is 274 g/mol. The zero-order chi connectivity index (χ0) is 14.2. The third kappa shape index (κ3) is 1.90. The Labute approximate surface area is 124 Å². The Morgan fingerprint density at radius 1 is 1.00 bits per heavy atom. The molecular formula is C19H18N2. The summed E-state index contributed by atoms with van der Waals surface area (Å²) in [7, 11) is 0. The molecule has 2 aromatic heterocycles. The van der Waals surface area contributed by atoms with Crippen molar-refractivity contribution in [2.75, 3.05) is 0 Å². The number of imidazole rings is 1. The van der Waals surface area contributed by atoms with E-state index in [1.165, 1.54) is 40.1 Å². The Morgan fingerprint density at radius 2 is 1.86 bits per heavy atom. The molecule has 0 fully saturated rings. The minimum absolute atomic E-state index is 1.04. The molecule has 0 aliphatic rings.